The van der Waals surface area contributed by atoms with Gasteiger partial charge in [0.25, 0.3) is 5.78 Å². The van der Waals surface area contributed by atoms with Crippen molar-refractivity contribution in [3.63, 3.8) is 0 Å². The van der Waals surface area contributed by atoms with Crippen LogP contribution in [0.25, 0.3) is 0 Å². The second-order valence-electron chi connectivity index (χ2n) is 4.26. The molecule has 0 spiro atoms. The summed E-state index contributed by atoms with van der Waals surface area (Å²) in [6.45, 7) is 3.41. The van der Waals surface area contributed by atoms with Crippen molar-refractivity contribution >= 4 is 11.8 Å². The summed E-state index contributed by atoms with van der Waals surface area (Å²) in [5.74, 6) is -1.59. The fourth-order valence-electron chi connectivity index (χ4n) is 1.81. The van der Waals surface area contributed by atoms with Gasteiger partial charge in [0.1, 0.15) is 6.10 Å². The molecular weight excluding hydrogens is 216 g/mol. The van der Waals surface area contributed by atoms with Crippen LogP contribution in [0.2, 0.25) is 0 Å². The number of carbonyl (C=O) groups excluding carboxylic acids is 2. The minimum absolute atomic E-state index is 0.0264. The molecule has 2 heterocycles. The van der Waals surface area contributed by atoms with Gasteiger partial charge in [-0.1, -0.05) is 13.8 Å². The number of ketones is 1. The van der Waals surface area contributed by atoms with Crippen LogP contribution in [0.4, 0.5) is 0 Å². The summed E-state index contributed by atoms with van der Waals surface area (Å²) in [5.41, 5.74) is 0. The molecule has 0 amide bonds. The highest BCUT2D eigenvalue weighted by Gasteiger charge is 2.53. The van der Waals surface area contributed by atoms with E-state index in [4.69, 9.17) is 19.3 Å². The van der Waals surface area contributed by atoms with Crippen molar-refractivity contribution in [2.24, 2.45) is 5.92 Å². The van der Waals surface area contributed by atoms with Gasteiger partial charge in [0.05, 0.1) is 6.61 Å². The van der Waals surface area contributed by atoms with Gasteiger partial charge in [0, 0.05) is 5.92 Å². The van der Waals surface area contributed by atoms with Crippen molar-refractivity contribution < 1.29 is 28.9 Å². The molecule has 0 saturated carbocycles. The van der Waals surface area contributed by atoms with Crippen LogP contribution in [0.3, 0.4) is 0 Å². The number of Topliss-reactive ketones (excluding diaryl/α,β-unsaturated/α-hetero) is 1. The average Bonchev–Trinajstić information content (AvgIpc) is 2.54. The average molecular weight is 230 g/mol. The Hall–Kier alpha value is -0.980. The van der Waals surface area contributed by atoms with Crippen LogP contribution in [-0.4, -0.2) is 48.1 Å². The molecule has 2 aliphatic rings. The molecule has 2 fully saturated rings. The molecule has 6 nitrogen and oxygen atoms in total. The zero-order chi connectivity index (χ0) is 11.9. The Morgan fingerprint density at radius 1 is 1.31 bits per heavy atom. The maximum Gasteiger partial charge on any atom is 0.378 e. The first kappa shape index (κ1) is 11.5. The number of ether oxygens (including phenoxy) is 3. The molecule has 6 heteroatoms. The van der Waals surface area contributed by atoms with Gasteiger partial charge >= 0.3 is 5.97 Å². The van der Waals surface area contributed by atoms with E-state index in [-0.39, 0.29) is 12.5 Å². The van der Waals surface area contributed by atoms with E-state index in [1.807, 2.05) is 13.8 Å². The second-order valence-corrected chi connectivity index (χ2v) is 4.26. The molecule has 0 aromatic carbocycles. The zero-order valence-corrected chi connectivity index (χ0v) is 9.08. The normalized spacial score (nSPS) is 38.8. The molecule has 1 unspecified atom stereocenters. The Morgan fingerprint density at radius 2 is 2.00 bits per heavy atom. The number of rotatable bonds is 2. The summed E-state index contributed by atoms with van der Waals surface area (Å²) in [4.78, 5) is 22.5. The minimum Gasteiger partial charge on any atom is -0.450 e. The van der Waals surface area contributed by atoms with Gasteiger partial charge in [0.2, 0.25) is 0 Å². The fraction of sp³-hybridized carbons (Fsp3) is 0.800. The summed E-state index contributed by atoms with van der Waals surface area (Å²) < 4.78 is 15.6. The number of hydrogen-bond acceptors (Lipinski definition) is 6. The van der Waals surface area contributed by atoms with Gasteiger partial charge in [-0.05, 0) is 0 Å². The maximum absolute atomic E-state index is 11.4. The molecule has 16 heavy (non-hydrogen) atoms. The predicted molar refractivity (Wildman–Crippen MR) is 50.3 cm³/mol. The van der Waals surface area contributed by atoms with Crippen molar-refractivity contribution in [1.29, 1.82) is 0 Å². The molecule has 2 rings (SSSR count). The van der Waals surface area contributed by atoms with Crippen molar-refractivity contribution in [1.82, 2.24) is 0 Å². The first-order valence-corrected chi connectivity index (χ1v) is 5.21. The van der Waals surface area contributed by atoms with Crippen LogP contribution in [0.15, 0.2) is 0 Å². The van der Waals surface area contributed by atoms with Gasteiger partial charge < -0.3 is 19.3 Å². The second kappa shape index (κ2) is 4.12. The maximum atomic E-state index is 11.4. The molecule has 2 saturated heterocycles. The third kappa shape index (κ3) is 1.73. The van der Waals surface area contributed by atoms with Crippen LogP contribution < -0.4 is 0 Å². The number of esters is 1. The summed E-state index contributed by atoms with van der Waals surface area (Å²) in [6.07, 6.45) is -3.05. The highest BCUT2D eigenvalue weighted by atomic mass is 16.7. The van der Waals surface area contributed by atoms with Crippen LogP contribution in [-0.2, 0) is 23.8 Å². The quantitative estimate of drug-likeness (QED) is 0.496. The largest absolute Gasteiger partial charge is 0.450 e. The molecule has 90 valence electrons. The van der Waals surface area contributed by atoms with Crippen LogP contribution in [0.1, 0.15) is 13.8 Å². The Bertz CT molecular complexity index is 312. The summed E-state index contributed by atoms with van der Waals surface area (Å²) in [6, 6.07) is 0. The van der Waals surface area contributed by atoms with Gasteiger partial charge in [-0.2, -0.15) is 0 Å². The lowest BCUT2D eigenvalue weighted by molar-refractivity contribution is -0.285. The Balaban J connectivity index is 2.19. The number of aliphatic hydroxyl groups is 1. The highest BCUT2D eigenvalue weighted by Crippen LogP contribution is 2.30. The Morgan fingerprint density at radius 3 is 2.56 bits per heavy atom. The topological polar surface area (TPSA) is 82.1 Å². The van der Waals surface area contributed by atoms with E-state index in [1.165, 1.54) is 0 Å². The Kier molecular flexibility index (Phi) is 2.96. The highest BCUT2D eigenvalue weighted by molar-refractivity contribution is 6.37. The van der Waals surface area contributed by atoms with E-state index in [0.29, 0.717) is 0 Å². The number of carbonyl (C=O) groups is 2. The summed E-state index contributed by atoms with van der Waals surface area (Å²) in [5, 5.41) is 9.13. The van der Waals surface area contributed by atoms with Crippen molar-refractivity contribution in [3.8, 4) is 0 Å². The van der Waals surface area contributed by atoms with E-state index in [1.54, 1.807) is 0 Å². The van der Waals surface area contributed by atoms with Crippen molar-refractivity contribution in [2.45, 2.75) is 38.4 Å². The molecular formula is C10H14O6. The SMILES string of the molecule is CC(C)C1O[C@@H](CO)[C@H]2OC(=O)C(=O)[C@H]2O1. The standard InChI is InChI=1S/C10H14O6/c1-4(2)10-14-5(3-11)7-8(16-10)6(12)9(13)15-7/h4-5,7-8,10-11H,3H2,1-2H3/t5-,7+,8+,10?/m0/s1. The van der Waals surface area contributed by atoms with Crippen LogP contribution >= 0.6 is 0 Å². The minimum atomic E-state index is -0.939. The molecule has 0 bridgehead atoms. The van der Waals surface area contributed by atoms with Gasteiger partial charge in [-0.25, -0.2) is 4.79 Å². The van der Waals surface area contributed by atoms with Crippen LogP contribution in [0.5, 0.6) is 0 Å². The molecule has 1 N–H and O–H groups in total. The number of hydrogen-bond donors (Lipinski definition) is 1. The van der Waals surface area contributed by atoms with Crippen molar-refractivity contribution in [2.75, 3.05) is 6.61 Å². The zero-order valence-electron chi connectivity index (χ0n) is 9.08. The van der Waals surface area contributed by atoms with Gasteiger partial charge in [-0.3, -0.25) is 4.79 Å². The smallest absolute Gasteiger partial charge is 0.378 e. The van der Waals surface area contributed by atoms with E-state index in [2.05, 4.69) is 0 Å². The lowest BCUT2D eigenvalue weighted by atomic mass is 10.0. The van der Waals surface area contributed by atoms with Crippen molar-refractivity contribution in [3.05, 3.63) is 0 Å². The monoisotopic (exact) mass is 230 g/mol. The lowest BCUT2D eigenvalue weighted by Crippen LogP contribution is -2.52. The predicted octanol–water partition coefficient (Wildman–Crippen LogP) is -0.761. The summed E-state index contributed by atoms with van der Waals surface area (Å²) in [7, 11) is 0. The molecule has 0 radical (unpaired) electrons. The summed E-state index contributed by atoms with van der Waals surface area (Å²) >= 11 is 0. The number of aliphatic hydroxyl groups excluding tert-OH is 1. The number of fused-ring (bicyclic) bond motifs is 1. The third-order valence-electron chi connectivity index (χ3n) is 2.68. The molecule has 0 aromatic rings. The van der Waals surface area contributed by atoms with E-state index in [9.17, 15) is 9.59 Å². The van der Waals surface area contributed by atoms with E-state index in [0.717, 1.165) is 0 Å². The van der Waals surface area contributed by atoms with Gasteiger partial charge in [0.15, 0.2) is 18.5 Å². The van der Waals surface area contributed by atoms with Gasteiger partial charge in [-0.15, -0.1) is 0 Å². The molecule has 0 aliphatic carbocycles. The lowest BCUT2D eigenvalue weighted by Gasteiger charge is -2.37. The van der Waals surface area contributed by atoms with E-state index < -0.39 is 36.4 Å². The first-order chi connectivity index (χ1) is 7.54. The molecule has 2 aliphatic heterocycles. The fourth-order valence-corrected chi connectivity index (χ4v) is 1.81. The molecule has 0 aromatic heterocycles. The third-order valence-corrected chi connectivity index (χ3v) is 2.68. The first-order valence-electron chi connectivity index (χ1n) is 5.21. The Labute approximate surface area is 92.5 Å². The van der Waals surface area contributed by atoms with Crippen LogP contribution in [0, 0.1) is 5.92 Å². The molecule has 4 atom stereocenters. The van der Waals surface area contributed by atoms with E-state index >= 15 is 0 Å².